The van der Waals surface area contributed by atoms with Gasteiger partial charge in [0.15, 0.2) is 13.2 Å². The van der Waals surface area contributed by atoms with Crippen LogP contribution in [-0.2, 0) is 16.1 Å². The van der Waals surface area contributed by atoms with Gasteiger partial charge in [0.25, 0.3) is 5.89 Å². The maximum Gasteiger partial charge on any atom is 0.344 e. The zero-order valence-electron chi connectivity index (χ0n) is 15.3. The minimum absolute atomic E-state index is 0.0985. The molecule has 0 N–H and O–H groups in total. The summed E-state index contributed by atoms with van der Waals surface area (Å²) < 4.78 is 16.2. The predicted molar refractivity (Wildman–Crippen MR) is 104 cm³/mol. The van der Waals surface area contributed by atoms with Crippen LogP contribution in [0.1, 0.15) is 11.5 Å². The first-order valence-corrected chi connectivity index (χ1v) is 8.84. The maximum atomic E-state index is 11.9. The van der Waals surface area contributed by atoms with Crippen molar-refractivity contribution < 1.29 is 18.7 Å². The van der Waals surface area contributed by atoms with Gasteiger partial charge in [-0.1, -0.05) is 48.0 Å². The normalized spacial score (nSPS) is 10.8. The van der Waals surface area contributed by atoms with E-state index in [0.29, 0.717) is 11.6 Å². The molecular formula is C22H18N2O4. The average molecular weight is 374 g/mol. The predicted octanol–water partition coefficient (Wildman–Crippen LogP) is 4.32. The number of fused-ring (bicyclic) bond motifs is 1. The monoisotopic (exact) mass is 374 g/mol. The highest BCUT2D eigenvalue weighted by molar-refractivity contribution is 5.83. The van der Waals surface area contributed by atoms with Crippen molar-refractivity contribution in [3.63, 3.8) is 0 Å². The Kier molecular flexibility index (Phi) is 5.01. The van der Waals surface area contributed by atoms with E-state index in [-0.39, 0.29) is 19.1 Å². The van der Waals surface area contributed by atoms with E-state index < -0.39 is 5.97 Å². The quantitative estimate of drug-likeness (QED) is 0.468. The summed E-state index contributed by atoms with van der Waals surface area (Å²) in [5, 5.41) is 10.1. The first-order valence-electron chi connectivity index (χ1n) is 8.84. The SMILES string of the molecule is Cc1cccc(-c2nnc(COC(=O)COc3ccc4ccccc4c3)o2)c1. The Morgan fingerprint density at radius 2 is 1.82 bits per heavy atom. The van der Waals surface area contributed by atoms with Gasteiger partial charge in [-0.05, 0) is 42.0 Å². The third-order valence-corrected chi connectivity index (χ3v) is 4.17. The highest BCUT2D eigenvalue weighted by atomic mass is 16.6. The van der Waals surface area contributed by atoms with Gasteiger partial charge in [0, 0.05) is 5.56 Å². The standard InChI is InChI=1S/C22H18N2O4/c1-15-5-4-8-18(11-15)22-24-23-20(28-22)13-27-21(25)14-26-19-10-9-16-6-2-3-7-17(16)12-19/h2-12H,13-14H2,1H3. The molecule has 0 saturated heterocycles. The van der Waals surface area contributed by atoms with Gasteiger partial charge in [-0.25, -0.2) is 4.79 Å². The van der Waals surface area contributed by atoms with Crippen LogP contribution in [0.25, 0.3) is 22.2 Å². The van der Waals surface area contributed by atoms with Crippen LogP contribution in [0.2, 0.25) is 0 Å². The number of carbonyl (C=O) groups excluding carboxylic acids is 1. The molecule has 0 amide bonds. The van der Waals surface area contributed by atoms with Gasteiger partial charge in [-0.2, -0.15) is 0 Å². The van der Waals surface area contributed by atoms with Crippen LogP contribution < -0.4 is 4.74 Å². The fraction of sp³-hybridized carbons (Fsp3) is 0.136. The molecular weight excluding hydrogens is 356 g/mol. The second-order valence-electron chi connectivity index (χ2n) is 6.33. The number of nitrogens with zero attached hydrogens (tertiary/aromatic N) is 2. The molecule has 1 aromatic heterocycles. The molecule has 28 heavy (non-hydrogen) atoms. The van der Waals surface area contributed by atoms with E-state index in [1.54, 1.807) is 0 Å². The van der Waals surface area contributed by atoms with Crippen LogP contribution in [0.15, 0.2) is 71.1 Å². The van der Waals surface area contributed by atoms with Crippen molar-refractivity contribution in [1.82, 2.24) is 10.2 Å². The van der Waals surface area contributed by atoms with Gasteiger partial charge in [0.2, 0.25) is 5.89 Å². The molecule has 0 radical (unpaired) electrons. The highest BCUT2D eigenvalue weighted by Crippen LogP contribution is 2.21. The molecule has 4 rings (SSSR count). The molecule has 0 spiro atoms. The molecule has 0 saturated carbocycles. The fourth-order valence-electron chi connectivity index (χ4n) is 2.79. The minimum Gasteiger partial charge on any atom is -0.482 e. The van der Waals surface area contributed by atoms with E-state index >= 15 is 0 Å². The van der Waals surface area contributed by atoms with Gasteiger partial charge in [-0.3, -0.25) is 0 Å². The Labute approximate surface area is 161 Å². The van der Waals surface area contributed by atoms with E-state index in [1.807, 2.05) is 73.7 Å². The van der Waals surface area contributed by atoms with Crippen molar-refractivity contribution in [3.05, 3.63) is 78.2 Å². The topological polar surface area (TPSA) is 74.5 Å². The van der Waals surface area contributed by atoms with Crippen LogP contribution in [0, 0.1) is 6.92 Å². The van der Waals surface area contributed by atoms with Gasteiger partial charge >= 0.3 is 5.97 Å². The van der Waals surface area contributed by atoms with Crippen molar-refractivity contribution >= 4 is 16.7 Å². The number of carbonyl (C=O) groups is 1. The molecule has 3 aromatic carbocycles. The van der Waals surface area contributed by atoms with Crippen LogP contribution in [-0.4, -0.2) is 22.8 Å². The Bertz CT molecular complexity index is 1120. The van der Waals surface area contributed by atoms with E-state index in [1.165, 1.54) is 0 Å². The molecule has 0 aliphatic heterocycles. The summed E-state index contributed by atoms with van der Waals surface area (Å²) in [6.45, 7) is 1.69. The zero-order chi connectivity index (χ0) is 19.3. The van der Waals surface area contributed by atoms with E-state index in [9.17, 15) is 4.79 Å². The number of benzene rings is 3. The lowest BCUT2D eigenvalue weighted by atomic mass is 10.1. The molecule has 0 aliphatic carbocycles. The van der Waals surface area contributed by atoms with Crippen molar-refractivity contribution in [2.75, 3.05) is 6.61 Å². The summed E-state index contributed by atoms with van der Waals surface area (Å²) in [5.41, 5.74) is 1.92. The number of aromatic nitrogens is 2. The Morgan fingerprint density at radius 3 is 2.68 bits per heavy atom. The third kappa shape index (κ3) is 4.17. The number of esters is 1. The summed E-state index contributed by atoms with van der Waals surface area (Å²) in [4.78, 5) is 11.9. The molecule has 6 nitrogen and oxygen atoms in total. The van der Waals surface area contributed by atoms with Gasteiger partial charge in [-0.15, -0.1) is 10.2 Å². The molecule has 0 fully saturated rings. The molecule has 0 bridgehead atoms. The number of rotatable bonds is 6. The minimum atomic E-state index is -0.511. The second kappa shape index (κ2) is 7.92. The summed E-state index contributed by atoms with van der Waals surface area (Å²) in [6, 6.07) is 21.3. The second-order valence-corrected chi connectivity index (χ2v) is 6.33. The van der Waals surface area contributed by atoms with Gasteiger partial charge in [0.1, 0.15) is 5.75 Å². The summed E-state index contributed by atoms with van der Waals surface area (Å²) >= 11 is 0. The largest absolute Gasteiger partial charge is 0.482 e. The molecule has 0 atom stereocenters. The Balaban J connectivity index is 1.31. The van der Waals surface area contributed by atoms with Crippen LogP contribution in [0.5, 0.6) is 5.75 Å². The summed E-state index contributed by atoms with van der Waals surface area (Å²) in [6.07, 6.45) is 0. The first kappa shape index (κ1) is 17.7. The molecule has 140 valence electrons. The number of hydrogen-bond acceptors (Lipinski definition) is 6. The Morgan fingerprint density at radius 1 is 0.964 bits per heavy atom. The van der Waals surface area contributed by atoms with Crippen LogP contribution in [0.4, 0.5) is 0 Å². The number of hydrogen-bond donors (Lipinski definition) is 0. The van der Waals surface area contributed by atoms with Crippen LogP contribution >= 0.6 is 0 Å². The van der Waals surface area contributed by atoms with E-state index in [0.717, 1.165) is 21.9 Å². The lowest BCUT2D eigenvalue weighted by molar-refractivity contribution is -0.148. The lowest BCUT2D eigenvalue weighted by Gasteiger charge is -2.07. The van der Waals surface area contributed by atoms with Crippen LogP contribution in [0.3, 0.4) is 0 Å². The molecule has 1 heterocycles. The zero-order valence-corrected chi connectivity index (χ0v) is 15.3. The summed E-state index contributed by atoms with van der Waals surface area (Å²) in [7, 11) is 0. The molecule has 0 aliphatic rings. The fourth-order valence-corrected chi connectivity index (χ4v) is 2.79. The lowest BCUT2D eigenvalue weighted by Crippen LogP contribution is -2.14. The average Bonchev–Trinajstić information content (AvgIpc) is 3.20. The molecule has 4 aromatic rings. The summed E-state index contributed by atoms with van der Waals surface area (Å²) in [5.74, 6) is 0.719. The first-order chi connectivity index (χ1) is 13.7. The van der Waals surface area contributed by atoms with Gasteiger partial charge < -0.3 is 13.9 Å². The number of aryl methyl sites for hydroxylation is 1. The highest BCUT2D eigenvalue weighted by Gasteiger charge is 2.12. The maximum absolute atomic E-state index is 11.9. The van der Waals surface area contributed by atoms with Crippen molar-refractivity contribution in [3.8, 4) is 17.2 Å². The van der Waals surface area contributed by atoms with E-state index in [4.69, 9.17) is 13.9 Å². The Hall–Kier alpha value is -3.67. The number of ether oxygens (including phenoxy) is 2. The third-order valence-electron chi connectivity index (χ3n) is 4.17. The smallest absolute Gasteiger partial charge is 0.344 e. The van der Waals surface area contributed by atoms with Crippen molar-refractivity contribution in [2.24, 2.45) is 0 Å². The molecule has 6 heteroatoms. The van der Waals surface area contributed by atoms with Crippen molar-refractivity contribution in [1.29, 1.82) is 0 Å². The van der Waals surface area contributed by atoms with Gasteiger partial charge in [0.05, 0.1) is 0 Å². The van der Waals surface area contributed by atoms with E-state index in [2.05, 4.69) is 10.2 Å². The molecule has 0 unspecified atom stereocenters. The van der Waals surface area contributed by atoms with Crippen molar-refractivity contribution in [2.45, 2.75) is 13.5 Å².